The fourth-order valence-electron chi connectivity index (χ4n) is 2.02. The van der Waals surface area contributed by atoms with Gasteiger partial charge in [-0.1, -0.05) is 22.0 Å². The molecule has 20 heavy (non-hydrogen) atoms. The highest BCUT2D eigenvalue weighted by atomic mass is 79.9. The van der Waals surface area contributed by atoms with Crippen molar-refractivity contribution in [2.24, 2.45) is 0 Å². The summed E-state index contributed by atoms with van der Waals surface area (Å²) in [6.07, 6.45) is 0. The summed E-state index contributed by atoms with van der Waals surface area (Å²) in [6.45, 7) is 2.67. The third-order valence-electron chi connectivity index (χ3n) is 2.96. The van der Waals surface area contributed by atoms with E-state index >= 15 is 0 Å². The molecule has 0 radical (unpaired) electrons. The van der Waals surface area contributed by atoms with Crippen LogP contribution < -0.4 is 4.74 Å². The van der Waals surface area contributed by atoms with Gasteiger partial charge >= 0.3 is 0 Å². The van der Waals surface area contributed by atoms with Gasteiger partial charge in [0.1, 0.15) is 5.75 Å². The molecule has 1 aromatic carbocycles. The van der Waals surface area contributed by atoms with Crippen molar-refractivity contribution in [3.63, 3.8) is 0 Å². The molecule has 2 aromatic heterocycles. The summed E-state index contributed by atoms with van der Waals surface area (Å²) in [5, 5.41) is 2.14. The predicted octanol–water partition coefficient (Wildman–Crippen LogP) is 6.61. The molecule has 104 valence electrons. The number of benzene rings is 1. The number of hydrogen-bond acceptors (Lipinski definition) is 3. The Bertz CT molecular complexity index is 704. The quantitative estimate of drug-likeness (QED) is 0.422. The molecule has 0 aliphatic heterocycles. The first-order valence-corrected chi connectivity index (χ1v) is 9.62. The van der Waals surface area contributed by atoms with Gasteiger partial charge in [-0.25, -0.2) is 0 Å². The van der Waals surface area contributed by atoms with Crippen LogP contribution in [0.15, 0.2) is 40.2 Å². The average molecular weight is 432 g/mol. The minimum Gasteiger partial charge on any atom is -0.493 e. The van der Waals surface area contributed by atoms with Gasteiger partial charge in [0.05, 0.1) is 15.9 Å². The summed E-state index contributed by atoms with van der Waals surface area (Å²) in [5.74, 6) is 0.892. The lowest BCUT2D eigenvalue weighted by Crippen LogP contribution is -1.95. The molecule has 2 heterocycles. The summed E-state index contributed by atoms with van der Waals surface area (Å²) >= 11 is 11.0. The van der Waals surface area contributed by atoms with E-state index in [1.807, 2.05) is 24.3 Å². The van der Waals surface area contributed by atoms with Crippen molar-refractivity contribution in [3.05, 3.63) is 50.6 Å². The normalized spacial score (nSPS) is 12.8. The second-order valence-electron chi connectivity index (χ2n) is 4.28. The van der Waals surface area contributed by atoms with Crippen molar-refractivity contribution in [3.8, 4) is 5.75 Å². The van der Waals surface area contributed by atoms with E-state index in [9.17, 15) is 0 Å². The van der Waals surface area contributed by atoms with Crippen LogP contribution in [0.25, 0.3) is 9.40 Å². The average Bonchev–Trinajstić information content (AvgIpc) is 3.01. The molecule has 0 saturated carbocycles. The van der Waals surface area contributed by atoms with E-state index in [-0.39, 0.29) is 4.83 Å². The van der Waals surface area contributed by atoms with E-state index < -0.39 is 0 Å². The fourth-order valence-corrected chi connectivity index (χ4v) is 5.36. The first kappa shape index (κ1) is 14.6. The Kier molecular flexibility index (Phi) is 4.50. The van der Waals surface area contributed by atoms with Crippen LogP contribution >= 0.6 is 54.5 Å². The van der Waals surface area contributed by atoms with Crippen molar-refractivity contribution < 1.29 is 4.74 Å². The number of alkyl halides is 1. The number of hydrogen-bond donors (Lipinski definition) is 0. The molecule has 5 heteroatoms. The molecule has 1 unspecified atom stereocenters. The van der Waals surface area contributed by atoms with Crippen molar-refractivity contribution in [2.75, 3.05) is 6.61 Å². The van der Waals surface area contributed by atoms with Gasteiger partial charge in [0.2, 0.25) is 0 Å². The van der Waals surface area contributed by atoms with Crippen molar-refractivity contribution in [1.82, 2.24) is 0 Å². The molecule has 3 aromatic rings. The van der Waals surface area contributed by atoms with Crippen LogP contribution in [-0.2, 0) is 0 Å². The van der Waals surface area contributed by atoms with Crippen molar-refractivity contribution in [1.29, 1.82) is 0 Å². The SMILES string of the molecule is CCOc1ccc(C(Br)c2cc3sccc3s2)cc1Br. The third-order valence-corrected chi connectivity index (χ3v) is 7.06. The summed E-state index contributed by atoms with van der Waals surface area (Å²) in [5.41, 5.74) is 1.23. The first-order chi connectivity index (χ1) is 9.69. The van der Waals surface area contributed by atoms with E-state index in [0.29, 0.717) is 6.61 Å². The second-order valence-corrected chi connectivity index (χ2v) is 8.12. The molecule has 0 bridgehead atoms. The number of thiophene rings is 2. The predicted molar refractivity (Wildman–Crippen MR) is 95.8 cm³/mol. The van der Waals surface area contributed by atoms with E-state index in [1.54, 1.807) is 11.3 Å². The maximum absolute atomic E-state index is 5.55. The Balaban J connectivity index is 1.91. The van der Waals surface area contributed by atoms with E-state index in [1.165, 1.54) is 19.8 Å². The largest absolute Gasteiger partial charge is 0.493 e. The zero-order chi connectivity index (χ0) is 14.1. The molecule has 0 amide bonds. The molecule has 1 atom stereocenters. The maximum atomic E-state index is 5.55. The smallest absolute Gasteiger partial charge is 0.133 e. The van der Waals surface area contributed by atoms with Gasteiger partial charge in [0.25, 0.3) is 0 Å². The number of fused-ring (bicyclic) bond motifs is 1. The summed E-state index contributed by atoms with van der Waals surface area (Å²) in [6, 6.07) is 10.7. The second kappa shape index (κ2) is 6.18. The molecular formula is C15H12Br2OS2. The van der Waals surface area contributed by atoms with Gasteiger partial charge in [-0.15, -0.1) is 22.7 Å². The van der Waals surface area contributed by atoms with Crippen LogP contribution in [0.3, 0.4) is 0 Å². The minimum absolute atomic E-state index is 0.221. The highest BCUT2D eigenvalue weighted by Crippen LogP contribution is 2.41. The van der Waals surface area contributed by atoms with Crippen LogP contribution in [0, 0.1) is 0 Å². The molecule has 0 saturated heterocycles. The van der Waals surface area contributed by atoms with Gasteiger partial charge in [-0.05, 0) is 58.1 Å². The van der Waals surface area contributed by atoms with Gasteiger partial charge in [0, 0.05) is 14.3 Å². The van der Waals surface area contributed by atoms with Crippen LogP contribution in [0.2, 0.25) is 0 Å². The van der Waals surface area contributed by atoms with Crippen LogP contribution in [0.4, 0.5) is 0 Å². The molecule has 0 fully saturated rings. The molecule has 0 aliphatic carbocycles. The Morgan fingerprint density at radius 1 is 1.20 bits per heavy atom. The van der Waals surface area contributed by atoms with Crippen LogP contribution in [0.1, 0.15) is 22.2 Å². The highest BCUT2D eigenvalue weighted by Gasteiger charge is 2.15. The van der Waals surface area contributed by atoms with E-state index in [4.69, 9.17) is 4.74 Å². The molecule has 3 rings (SSSR count). The maximum Gasteiger partial charge on any atom is 0.133 e. The zero-order valence-electron chi connectivity index (χ0n) is 10.7. The lowest BCUT2D eigenvalue weighted by molar-refractivity contribution is 0.338. The number of rotatable bonds is 4. The monoisotopic (exact) mass is 430 g/mol. The number of ether oxygens (including phenoxy) is 1. The molecular weight excluding hydrogens is 420 g/mol. The topological polar surface area (TPSA) is 9.23 Å². The Labute approximate surface area is 142 Å². The van der Waals surface area contributed by atoms with Crippen molar-refractivity contribution >= 4 is 63.9 Å². The molecule has 0 spiro atoms. The molecule has 0 N–H and O–H groups in total. The lowest BCUT2D eigenvalue weighted by atomic mass is 10.1. The Morgan fingerprint density at radius 2 is 2.05 bits per heavy atom. The third kappa shape index (κ3) is 2.82. The summed E-state index contributed by atoms with van der Waals surface area (Å²) in [7, 11) is 0. The van der Waals surface area contributed by atoms with Crippen LogP contribution in [0.5, 0.6) is 5.75 Å². The van der Waals surface area contributed by atoms with Gasteiger partial charge < -0.3 is 4.74 Å². The van der Waals surface area contributed by atoms with Crippen molar-refractivity contribution in [2.45, 2.75) is 11.8 Å². The highest BCUT2D eigenvalue weighted by molar-refractivity contribution is 9.10. The molecule has 0 aliphatic rings. The Hall–Kier alpha value is -0.360. The van der Waals surface area contributed by atoms with Gasteiger partial charge in [0.15, 0.2) is 0 Å². The number of halogens is 2. The fraction of sp³-hybridized carbons (Fsp3) is 0.200. The summed E-state index contributed by atoms with van der Waals surface area (Å²) < 4.78 is 9.28. The lowest BCUT2D eigenvalue weighted by Gasteiger charge is -2.11. The standard InChI is InChI=1S/C15H12Br2OS2/c1-2-18-11-4-3-9(7-10(11)16)15(17)14-8-13-12(20-14)5-6-19-13/h3-8,15H,2H2,1H3. The van der Waals surface area contributed by atoms with Crippen LogP contribution in [-0.4, -0.2) is 6.61 Å². The van der Waals surface area contributed by atoms with Gasteiger partial charge in [-0.2, -0.15) is 0 Å². The first-order valence-electron chi connectivity index (χ1n) is 6.22. The Morgan fingerprint density at radius 3 is 2.75 bits per heavy atom. The zero-order valence-corrected chi connectivity index (χ0v) is 15.5. The van der Waals surface area contributed by atoms with Gasteiger partial charge in [-0.3, -0.25) is 0 Å². The molecule has 1 nitrogen and oxygen atoms in total. The summed E-state index contributed by atoms with van der Waals surface area (Å²) in [4.78, 5) is 1.56. The van der Waals surface area contributed by atoms with E-state index in [0.717, 1.165) is 10.2 Å². The minimum atomic E-state index is 0.221. The van der Waals surface area contributed by atoms with E-state index in [2.05, 4.69) is 61.5 Å².